The number of aromatic hydroxyl groups is 2. The quantitative estimate of drug-likeness (QED) is 0.409. The van der Waals surface area contributed by atoms with Gasteiger partial charge in [0.1, 0.15) is 17.2 Å². The molecule has 0 aliphatic heterocycles. The molecule has 2 atom stereocenters. The highest BCUT2D eigenvalue weighted by molar-refractivity contribution is 6.16. The summed E-state index contributed by atoms with van der Waals surface area (Å²) in [4.78, 5) is 24.5. The number of methoxy groups -OCH3 is 1. The molecule has 1 fully saturated rings. The minimum atomic E-state index is -0.355. The molecule has 7 nitrogen and oxygen atoms in total. The Morgan fingerprint density at radius 3 is 2.07 bits per heavy atom. The number of nitrogens with zero attached hydrogens (tertiary/aromatic N) is 1. The van der Waals surface area contributed by atoms with E-state index < -0.39 is 0 Å². The molecule has 7 heteroatoms. The van der Waals surface area contributed by atoms with Gasteiger partial charge >= 0.3 is 5.97 Å². The first-order valence-electron chi connectivity index (χ1n) is 9.53. The van der Waals surface area contributed by atoms with Gasteiger partial charge in [0.25, 0.3) is 0 Å². The molecule has 0 radical (unpaired) electrons. The Balaban J connectivity index is 1.85. The maximum Gasteiger partial charge on any atom is 0.308 e. The van der Waals surface area contributed by atoms with Crippen molar-refractivity contribution in [1.82, 2.24) is 5.43 Å². The Kier molecular flexibility index (Phi) is 6.49. The number of phenols is 2. The predicted molar refractivity (Wildman–Crippen MR) is 107 cm³/mol. The molecule has 3 rings (SSSR count). The smallest absolute Gasteiger partial charge is 0.308 e. The van der Waals surface area contributed by atoms with Crippen molar-refractivity contribution < 1.29 is 24.5 Å². The van der Waals surface area contributed by atoms with Gasteiger partial charge in [-0.05, 0) is 43.5 Å². The van der Waals surface area contributed by atoms with Crippen molar-refractivity contribution in [3.05, 3.63) is 59.7 Å². The molecule has 0 spiro atoms. The maximum atomic E-state index is 12.7. The van der Waals surface area contributed by atoms with Crippen molar-refractivity contribution in [2.24, 2.45) is 16.9 Å². The van der Waals surface area contributed by atoms with Gasteiger partial charge in [-0.2, -0.15) is 5.10 Å². The first-order chi connectivity index (χ1) is 14.0. The lowest BCUT2D eigenvalue weighted by molar-refractivity contribution is -0.147. The van der Waals surface area contributed by atoms with Crippen LogP contribution >= 0.6 is 0 Å². The number of phenolic OH excluding ortho intramolecular Hbond substituents is 2. The number of hydrazone groups is 1. The van der Waals surface area contributed by atoms with Crippen LogP contribution in [0.1, 0.15) is 36.8 Å². The number of para-hydroxylation sites is 2. The van der Waals surface area contributed by atoms with Gasteiger partial charge in [-0.15, -0.1) is 0 Å². The zero-order valence-corrected chi connectivity index (χ0v) is 16.2. The van der Waals surface area contributed by atoms with E-state index in [9.17, 15) is 19.8 Å². The Morgan fingerprint density at radius 2 is 1.52 bits per heavy atom. The van der Waals surface area contributed by atoms with E-state index in [1.54, 1.807) is 36.4 Å². The van der Waals surface area contributed by atoms with Gasteiger partial charge in [-0.3, -0.25) is 9.59 Å². The fourth-order valence-electron chi connectivity index (χ4n) is 3.62. The average molecular weight is 396 g/mol. The van der Waals surface area contributed by atoms with E-state index in [4.69, 9.17) is 4.74 Å². The van der Waals surface area contributed by atoms with Crippen LogP contribution in [0.5, 0.6) is 11.5 Å². The van der Waals surface area contributed by atoms with Crippen molar-refractivity contribution in [1.29, 1.82) is 0 Å². The van der Waals surface area contributed by atoms with Crippen LogP contribution < -0.4 is 5.43 Å². The van der Waals surface area contributed by atoms with Crippen LogP contribution in [0, 0.1) is 11.8 Å². The van der Waals surface area contributed by atoms with Crippen LogP contribution in [0.3, 0.4) is 0 Å². The van der Waals surface area contributed by atoms with E-state index in [0.717, 1.165) is 6.42 Å². The van der Waals surface area contributed by atoms with Gasteiger partial charge < -0.3 is 14.9 Å². The third-order valence-corrected chi connectivity index (χ3v) is 5.18. The highest BCUT2D eigenvalue weighted by Crippen LogP contribution is 2.30. The summed E-state index contributed by atoms with van der Waals surface area (Å²) in [7, 11) is 1.35. The minimum absolute atomic E-state index is 0.0211. The van der Waals surface area contributed by atoms with E-state index in [1.807, 2.05) is 0 Å². The lowest BCUT2D eigenvalue weighted by atomic mass is 9.81. The van der Waals surface area contributed by atoms with Gasteiger partial charge in [-0.1, -0.05) is 30.7 Å². The second-order valence-electron chi connectivity index (χ2n) is 7.05. The Labute approximate surface area is 169 Å². The standard InChI is InChI=1S/C22H24N2O5/c1-29-22(28)15-8-6-7-14(13-15)21(27)24-23-20(16-9-2-4-11-18(16)25)17-10-3-5-12-19(17)26/h2-5,9-12,14-15,25-26H,6-8,13H2,1H3,(H,24,27). The monoisotopic (exact) mass is 396 g/mol. The Morgan fingerprint density at radius 1 is 0.966 bits per heavy atom. The summed E-state index contributed by atoms with van der Waals surface area (Å²) < 4.78 is 4.80. The molecule has 3 N–H and O–H groups in total. The van der Waals surface area contributed by atoms with Crippen LogP contribution in [0.25, 0.3) is 0 Å². The Bertz CT molecular complexity index is 877. The van der Waals surface area contributed by atoms with E-state index in [2.05, 4.69) is 10.5 Å². The van der Waals surface area contributed by atoms with Gasteiger partial charge in [0, 0.05) is 17.0 Å². The third kappa shape index (κ3) is 4.74. The van der Waals surface area contributed by atoms with E-state index in [1.165, 1.54) is 19.2 Å². The largest absolute Gasteiger partial charge is 0.507 e. The molecule has 1 amide bonds. The minimum Gasteiger partial charge on any atom is -0.507 e. The molecule has 1 aliphatic rings. The number of esters is 1. The highest BCUT2D eigenvalue weighted by Gasteiger charge is 2.31. The summed E-state index contributed by atoms with van der Waals surface area (Å²) in [5.74, 6) is -1.28. The van der Waals surface area contributed by atoms with Crippen LogP contribution in [0.4, 0.5) is 0 Å². The van der Waals surface area contributed by atoms with Crippen molar-refractivity contribution in [3.8, 4) is 11.5 Å². The SMILES string of the molecule is COC(=O)C1CCCC(C(=O)NN=C(c2ccccc2O)c2ccccc2O)C1. The lowest BCUT2D eigenvalue weighted by Gasteiger charge is -2.26. The number of amides is 1. The summed E-state index contributed by atoms with van der Waals surface area (Å²) in [6, 6.07) is 13.1. The number of hydrogen-bond acceptors (Lipinski definition) is 6. The highest BCUT2D eigenvalue weighted by atomic mass is 16.5. The number of carbonyl (C=O) groups excluding carboxylic acids is 2. The second-order valence-corrected chi connectivity index (χ2v) is 7.05. The topological polar surface area (TPSA) is 108 Å². The second kappa shape index (κ2) is 9.23. The van der Waals surface area contributed by atoms with Crippen LogP contribution in [-0.2, 0) is 14.3 Å². The van der Waals surface area contributed by atoms with Crippen LogP contribution in [-0.4, -0.2) is 34.9 Å². The summed E-state index contributed by atoms with van der Waals surface area (Å²) in [5.41, 5.74) is 3.56. The first kappa shape index (κ1) is 20.4. The number of carbonyl (C=O) groups is 2. The van der Waals surface area contributed by atoms with E-state index in [0.29, 0.717) is 30.4 Å². The van der Waals surface area contributed by atoms with Gasteiger partial charge in [0.05, 0.1) is 13.0 Å². The molecule has 0 aromatic heterocycles. The van der Waals surface area contributed by atoms with Crippen LogP contribution in [0.2, 0.25) is 0 Å². The average Bonchev–Trinajstić information content (AvgIpc) is 2.75. The van der Waals surface area contributed by atoms with Crippen molar-refractivity contribution in [2.45, 2.75) is 25.7 Å². The molecule has 0 heterocycles. The van der Waals surface area contributed by atoms with Gasteiger partial charge in [0.2, 0.25) is 5.91 Å². The normalized spacial score (nSPS) is 18.5. The number of benzene rings is 2. The molecular weight excluding hydrogens is 372 g/mol. The zero-order valence-electron chi connectivity index (χ0n) is 16.2. The Hall–Kier alpha value is -3.35. The summed E-state index contributed by atoms with van der Waals surface area (Å²) >= 11 is 0. The third-order valence-electron chi connectivity index (χ3n) is 5.18. The van der Waals surface area contributed by atoms with Gasteiger partial charge in [0.15, 0.2) is 0 Å². The first-order valence-corrected chi connectivity index (χ1v) is 9.53. The molecular formula is C22H24N2O5. The summed E-state index contributed by atoms with van der Waals surface area (Å²) in [6.07, 6.45) is 2.54. The molecule has 1 saturated carbocycles. The summed E-state index contributed by atoms with van der Waals surface area (Å²) in [6.45, 7) is 0. The number of ether oxygens (including phenoxy) is 1. The van der Waals surface area contributed by atoms with Crippen molar-refractivity contribution >= 4 is 17.6 Å². The molecule has 2 aromatic carbocycles. The maximum absolute atomic E-state index is 12.7. The lowest BCUT2D eigenvalue weighted by Crippen LogP contribution is -2.34. The molecule has 2 aromatic rings. The molecule has 1 aliphatic carbocycles. The fraction of sp³-hybridized carbons (Fsp3) is 0.318. The molecule has 29 heavy (non-hydrogen) atoms. The fourth-order valence-corrected chi connectivity index (χ4v) is 3.62. The number of nitrogens with one attached hydrogen (secondary N) is 1. The number of hydrogen-bond donors (Lipinski definition) is 3. The summed E-state index contributed by atoms with van der Waals surface area (Å²) in [5, 5.41) is 24.7. The molecule has 152 valence electrons. The van der Waals surface area contributed by atoms with Crippen LogP contribution in [0.15, 0.2) is 53.6 Å². The molecule has 0 bridgehead atoms. The van der Waals surface area contributed by atoms with Crippen molar-refractivity contribution in [3.63, 3.8) is 0 Å². The van der Waals surface area contributed by atoms with Crippen molar-refractivity contribution in [2.75, 3.05) is 7.11 Å². The van der Waals surface area contributed by atoms with E-state index >= 15 is 0 Å². The number of rotatable bonds is 5. The predicted octanol–water partition coefficient (Wildman–Crippen LogP) is 2.95. The van der Waals surface area contributed by atoms with Gasteiger partial charge in [-0.25, -0.2) is 5.43 Å². The zero-order chi connectivity index (χ0) is 20.8. The molecule has 0 saturated heterocycles. The molecule has 2 unspecified atom stereocenters. The van der Waals surface area contributed by atoms with E-state index in [-0.39, 0.29) is 40.9 Å².